The van der Waals surface area contributed by atoms with E-state index in [1.165, 1.54) is 17.0 Å². The summed E-state index contributed by atoms with van der Waals surface area (Å²) in [5.74, 6) is -2.11. The number of carbonyl (C=O) groups excluding carboxylic acids is 1. The number of aromatic hydroxyl groups is 1. The summed E-state index contributed by atoms with van der Waals surface area (Å²) in [5, 5.41) is 37.7. The first kappa shape index (κ1) is 21.6. The van der Waals surface area contributed by atoms with Crippen LogP contribution in [0.3, 0.4) is 0 Å². The fourth-order valence-corrected chi connectivity index (χ4v) is 3.28. The Hall–Kier alpha value is -3.08. The van der Waals surface area contributed by atoms with Gasteiger partial charge in [-0.1, -0.05) is 36.4 Å². The molecular weight excluding hydrogens is 391 g/mol. The Morgan fingerprint density at radius 1 is 1.17 bits per heavy atom. The molecule has 1 amide bonds. The first-order chi connectivity index (χ1) is 14.3. The summed E-state index contributed by atoms with van der Waals surface area (Å²) in [5.41, 5.74) is 6.59. The van der Waals surface area contributed by atoms with Gasteiger partial charge in [0.05, 0.1) is 13.1 Å². The summed E-state index contributed by atoms with van der Waals surface area (Å²) in [4.78, 5) is 25.6. The van der Waals surface area contributed by atoms with Crippen molar-refractivity contribution in [3.8, 4) is 11.5 Å². The molecule has 10 heteroatoms. The second-order valence-electron chi connectivity index (χ2n) is 7.14. The number of nitrogens with zero attached hydrogens (tertiary/aromatic N) is 1. The van der Waals surface area contributed by atoms with Gasteiger partial charge in [-0.2, -0.15) is 0 Å². The second kappa shape index (κ2) is 9.16. The Labute approximate surface area is 173 Å². The lowest BCUT2D eigenvalue weighted by molar-refractivity contribution is -0.141. The number of carbonyl (C=O) groups is 2. The summed E-state index contributed by atoms with van der Waals surface area (Å²) in [7, 11) is -1.56. The number of hydrogen-bond acceptors (Lipinski definition) is 7. The van der Waals surface area contributed by atoms with Crippen LogP contribution in [0.4, 0.5) is 0 Å². The summed E-state index contributed by atoms with van der Waals surface area (Å²) >= 11 is 0. The van der Waals surface area contributed by atoms with Crippen LogP contribution in [0.1, 0.15) is 27.5 Å². The van der Waals surface area contributed by atoms with Crippen molar-refractivity contribution in [1.29, 1.82) is 0 Å². The van der Waals surface area contributed by atoms with Crippen molar-refractivity contribution in [3.63, 3.8) is 0 Å². The third-order valence-corrected chi connectivity index (χ3v) is 4.99. The summed E-state index contributed by atoms with van der Waals surface area (Å²) < 4.78 is 5.70. The number of carboxylic acid groups (broad SMARTS) is 1. The number of likely N-dealkylation sites (tertiary alicyclic amines) is 1. The number of ether oxygens (including phenoxy) is 1. The smallest absolute Gasteiger partial charge is 0.451 e. The fourth-order valence-electron chi connectivity index (χ4n) is 3.28. The zero-order valence-electron chi connectivity index (χ0n) is 16.1. The van der Waals surface area contributed by atoms with E-state index in [1.54, 1.807) is 24.3 Å². The van der Waals surface area contributed by atoms with Crippen molar-refractivity contribution in [2.75, 3.05) is 13.1 Å². The fraction of sp³-hybridized carbons (Fsp3) is 0.300. The van der Waals surface area contributed by atoms with Crippen molar-refractivity contribution < 1.29 is 34.6 Å². The van der Waals surface area contributed by atoms with E-state index in [9.17, 15) is 19.8 Å². The molecule has 3 rings (SSSR count). The molecule has 1 saturated heterocycles. The lowest BCUT2D eigenvalue weighted by Gasteiger charge is -2.40. The Morgan fingerprint density at radius 2 is 1.83 bits per heavy atom. The zero-order valence-corrected chi connectivity index (χ0v) is 16.1. The molecule has 9 nitrogen and oxygen atoms in total. The van der Waals surface area contributed by atoms with Crippen molar-refractivity contribution in [2.45, 2.75) is 24.9 Å². The van der Waals surface area contributed by atoms with Crippen LogP contribution in [-0.2, 0) is 11.2 Å². The number of aryl methyl sites for hydroxylation is 1. The van der Waals surface area contributed by atoms with Gasteiger partial charge in [0.25, 0.3) is 0 Å². The van der Waals surface area contributed by atoms with Crippen molar-refractivity contribution >= 4 is 19.0 Å². The van der Waals surface area contributed by atoms with Gasteiger partial charge in [0.1, 0.15) is 29.2 Å². The Bertz CT molecular complexity index is 917. The molecule has 0 unspecified atom stereocenters. The molecule has 1 atom stereocenters. The molecule has 158 valence electrons. The minimum absolute atomic E-state index is 0.0160. The number of rotatable bonds is 8. The van der Waals surface area contributed by atoms with Crippen LogP contribution in [0.2, 0.25) is 6.32 Å². The quantitative estimate of drug-likeness (QED) is 0.389. The SMILES string of the molecule is N[C@H](C(=O)N1CC(Oc2ccc(CCB(O)O)c(O)c2C(=O)O)C1)c1ccccc1. The molecule has 0 saturated carbocycles. The molecule has 30 heavy (non-hydrogen) atoms. The predicted molar refractivity (Wildman–Crippen MR) is 108 cm³/mol. The Morgan fingerprint density at radius 3 is 2.43 bits per heavy atom. The van der Waals surface area contributed by atoms with Gasteiger partial charge in [-0.15, -0.1) is 0 Å². The van der Waals surface area contributed by atoms with E-state index in [0.717, 1.165) is 0 Å². The Kier molecular flexibility index (Phi) is 6.61. The maximum atomic E-state index is 12.5. The molecule has 2 aromatic carbocycles. The molecule has 0 aliphatic carbocycles. The second-order valence-corrected chi connectivity index (χ2v) is 7.14. The van der Waals surface area contributed by atoms with E-state index in [4.69, 9.17) is 20.5 Å². The lowest BCUT2D eigenvalue weighted by atomic mass is 9.82. The van der Waals surface area contributed by atoms with Gasteiger partial charge in [0.2, 0.25) is 5.91 Å². The molecule has 1 heterocycles. The van der Waals surface area contributed by atoms with Crippen molar-refractivity contribution in [2.24, 2.45) is 5.73 Å². The van der Waals surface area contributed by atoms with Crippen LogP contribution in [-0.4, -0.2) is 63.3 Å². The molecule has 0 radical (unpaired) electrons. The zero-order chi connectivity index (χ0) is 21.8. The summed E-state index contributed by atoms with van der Waals surface area (Å²) in [6, 6.07) is 11.1. The van der Waals surface area contributed by atoms with Crippen LogP contribution >= 0.6 is 0 Å². The van der Waals surface area contributed by atoms with Crippen LogP contribution in [0.25, 0.3) is 0 Å². The largest absolute Gasteiger partial charge is 0.507 e. The minimum Gasteiger partial charge on any atom is -0.507 e. The molecule has 0 aromatic heterocycles. The number of benzene rings is 2. The maximum Gasteiger partial charge on any atom is 0.451 e. The third kappa shape index (κ3) is 4.73. The minimum atomic E-state index is -1.56. The van der Waals surface area contributed by atoms with E-state index in [2.05, 4.69) is 0 Å². The molecule has 1 aliphatic heterocycles. The van der Waals surface area contributed by atoms with Crippen LogP contribution < -0.4 is 10.5 Å². The summed E-state index contributed by atoms with van der Waals surface area (Å²) in [6.07, 6.45) is -0.388. The van der Waals surface area contributed by atoms with Gasteiger partial charge in [-0.3, -0.25) is 4.79 Å². The monoisotopic (exact) mass is 414 g/mol. The third-order valence-electron chi connectivity index (χ3n) is 4.99. The highest BCUT2D eigenvalue weighted by atomic mass is 16.5. The molecular formula is C20H23BN2O7. The topological polar surface area (TPSA) is 154 Å². The number of amides is 1. The van der Waals surface area contributed by atoms with Crippen LogP contribution in [0, 0.1) is 0 Å². The number of phenols is 1. The number of carboxylic acids is 1. The van der Waals surface area contributed by atoms with Gasteiger partial charge in [-0.05, 0) is 29.9 Å². The van der Waals surface area contributed by atoms with Crippen molar-refractivity contribution in [1.82, 2.24) is 4.90 Å². The van der Waals surface area contributed by atoms with E-state index < -0.39 is 36.5 Å². The molecule has 1 fully saturated rings. The lowest BCUT2D eigenvalue weighted by Crippen LogP contribution is -2.58. The van der Waals surface area contributed by atoms with Gasteiger partial charge < -0.3 is 35.6 Å². The highest BCUT2D eigenvalue weighted by molar-refractivity contribution is 6.41. The molecule has 2 aromatic rings. The molecule has 0 spiro atoms. The van der Waals surface area contributed by atoms with E-state index in [-0.39, 0.29) is 43.1 Å². The normalized spacial score (nSPS) is 14.7. The first-order valence-corrected chi connectivity index (χ1v) is 9.48. The van der Waals surface area contributed by atoms with E-state index >= 15 is 0 Å². The van der Waals surface area contributed by atoms with Crippen LogP contribution in [0.5, 0.6) is 11.5 Å². The van der Waals surface area contributed by atoms with Gasteiger partial charge in [-0.25, -0.2) is 4.79 Å². The highest BCUT2D eigenvalue weighted by Gasteiger charge is 2.36. The van der Waals surface area contributed by atoms with Gasteiger partial charge >= 0.3 is 13.1 Å². The number of hydrogen-bond donors (Lipinski definition) is 5. The van der Waals surface area contributed by atoms with Gasteiger partial charge in [0.15, 0.2) is 0 Å². The summed E-state index contributed by atoms with van der Waals surface area (Å²) in [6.45, 7) is 0.495. The van der Waals surface area contributed by atoms with Crippen LogP contribution in [0.15, 0.2) is 42.5 Å². The number of aromatic carboxylic acids is 1. The first-order valence-electron chi connectivity index (χ1n) is 9.48. The standard InChI is InChI=1S/C20H23BN2O7/c22-17(12-4-2-1-3-5-12)19(25)23-10-14(11-23)30-15-7-6-13(8-9-21(28)29)18(24)16(15)20(26)27/h1-7,14,17,24,28-29H,8-11,22H2,(H,26,27)/t17-/m0/s1. The van der Waals surface area contributed by atoms with Gasteiger partial charge in [0, 0.05) is 0 Å². The van der Waals surface area contributed by atoms with E-state index in [1.807, 2.05) is 6.07 Å². The molecule has 6 N–H and O–H groups in total. The average Bonchev–Trinajstić information content (AvgIpc) is 2.68. The maximum absolute atomic E-state index is 12.5. The molecule has 1 aliphatic rings. The molecule has 0 bridgehead atoms. The predicted octanol–water partition coefficient (Wildman–Crippen LogP) is 0.395. The Balaban J connectivity index is 1.64. The highest BCUT2D eigenvalue weighted by Crippen LogP contribution is 2.34. The number of nitrogens with two attached hydrogens (primary N) is 1. The van der Waals surface area contributed by atoms with E-state index in [0.29, 0.717) is 5.56 Å². The average molecular weight is 414 g/mol. The van der Waals surface area contributed by atoms with Crippen molar-refractivity contribution in [3.05, 3.63) is 59.2 Å².